The Hall–Kier alpha value is -3.52. The molecule has 0 saturated carbocycles. The zero-order chi connectivity index (χ0) is 25.4. The molecule has 36 heavy (non-hydrogen) atoms. The molecule has 0 spiro atoms. The fourth-order valence-electron chi connectivity index (χ4n) is 4.66. The van der Waals surface area contributed by atoms with Crippen LogP contribution in [0.5, 0.6) is 0 Å². The van der Waals surface area contributed by atoms with E-state index in [0.29, 0.717) is 30.3 Å². The second kappa shape index (κ2) is 9.85. The number of benzene rings is 2. The van der Waals surface area contributed by atoms with Gasteiger partial charge < -0.3 is 14.6 Å². The van der Waals surface area contributed by atoms with Crippen LogP contribution in [0.15, 0.2) is 42.6 Å². The van der Waals surface area contributed by atoms with Crippen LogP contribution in [0.25, 0.3) is 10.9 Å². The SMILES string of the molecule is CCCCOC(=O)c1ccnc(N2CCc3c([nH]c4ccc(Cl)cc34)C2c2ccc(C)c(F)c2F)n1. The van der Waals surface area contributed by atoms with Gasteiger partial charge >= 0.3 is 5.97 Å². The van der Waals surface area contributed by atoms with Crippen molar-refractivity contribution in [3.63, 3.8) is 0 Å². The molecule has 0 amide bonds. The van der Waals surface area contributed by atoms with Gasteiger partial charge in [-0.2, -0.15) is 0 Å². The first-order valence-electron chi connectivity index (χ1n) is 11.9. The van der Waals surface area contributed by atoms with Gasteiger partial charge in [-0.25, -0.2) is 23.5 Å². The van der Waals surface area contributed by atoms with Gasteiger partial charge in [0, 0.05) is 39.9 Å². The summed E-state index contributed by atoms with van der Waals surface area (Å²) in [6, 6.07) is 9.40. The molecule has 5 rings (SSSR count). The summed E-state index contributed by atoms with van der Waals surface area (Å²) < 4.78 is 35.4. The molecule has 0 fully saturated rings. The highest BCUT2D eigenvalue weighted by Crippen LogP contribution is 2.41. The van der Waals surface area contributed by atoms with Crippen LogP contribution in [0.3, 0.4) is 0 Å². The predicted molar refractivity (Wildman–Crippen MR) is 135 cm³/mol. The molecule has 1 atom stereocenters. The maximum Gasteiger partial charge on any atom is 0.357 e. The van der Waals surface area contributed by atoms with Gasteiger partial charge in [0.05, 0.1) is 6.61 Å². The number of anilines is 1. The van der Waals surface area contributed by atoms with Crippen LogP contribution in [-0.4, -0.2) is 34.1 Å². The van der Waals surface area contributed by atoms with Crippen molar-refractivity contribution in [1.29, 1.82) is 0 Å². The summed E-state index contributed by atoms with van der Waals surface area (Å²) >= 11 is 6.25. The van der Waals surface area contributed by atoms with Gasteiger partial charge in [0.1, 0.15) is 6.04 Å². The second-order valence-corrected chi connectivity index (χ2v) is 9.32. The highest BCUT2D eigenvalue weighted by Gasteiger charge is 2.36. The number of aryl methyl sites for hydroxylation is 1. The van der Waals surface area contributed by atoms with Gasteiger partial charge in [0.2, 0.25) is 5.95 Å². The van der Waals surface area contributed by atoms with E-state index < -0.39 is 23.6 Å². The minimum Gasteiger partial charge on any atom is -0.461 e. The number of aromatic amines is 1. The zero-order valence-corrected chi connectivity index (χ0v) is 20.7. The summed E-state index contributed by atoms with van der Waals surface area (Å²) in [5.74, 6) is -2.14. The molecule has 9 heteroatoms. The number of esters is 1. The molecule has 1 unspecified atom stereocenters. The molecule has 2 aromatic carbocycles. The Morgan fingerprint density at radius 1 is 1.22 bits per heavy atom. The minimum atomic E-state index is -0.926. The fraction of sp³-hybridized carbons (Fsp3) is 0.296. The van der Waals surface area contributed by atoms with Crippen LogP contribution in [0, 0.1) is 18.6 Å². The Labute approximate surface area is 212 Å². The number of carbonyl (C=O) groups is 1. The third-order valence-electron chi connectivity index (χ3n) is 6.53. The standard InChI is InChI=1S/C27H25ClF2N4O2/c1-3-4-13-36-26(35)21-9-11-31-27(33-21)34-12-10-17-19-14-16(28)6-8-20(19)32-24(17)25(34)18-7-5-15(2)22(29)23(18)30/h5-9,11,14,25,32H,3-4,10,12-13H2,1-2H3. The Morgan fingerprint density at radius 2 is 2.06 bits per heavy atom. The van der Waals surface area contributed by atoms with Crippen LogP contribution in [0.1, 0.15) is 58.7 Å². The molecule has 2 aromatic heterocycles. The van der Waals surface area contributed by atoms with E-state index in [1.54, 1.807) is 23.1 Å². The van der Waals surface area contributed by atoms with E-state index in [1.165, 1.54) is 19.2 Å². The number of rotatable bonds is 6. The summed E-state index contributed by atoms with van der Waals surface area (Å²) in [5, 5.41) is 1.53. The average molecular weight is 511 g/mol. The summed E-state index contributed by atoms with van der Waals surface area (Å²) in [7, 11) is 0. The third kappa shape index (κ3) is 4.30. The number of ether oxygens (including phenoxy) is 1. The number of halogens is 3. The number of fused-ring (bicyclic) bond motifs is 3. The number of unbranched alkanes of at least 4 members (excludes halogenated alkanes) is 1. The van der Waals surface area contributed by atoms with Crippen molar-refractivity contribution in [3.8, 4) is 0 Å². The molecule has 3 heterocycles. The quantitative estimate of drug-likeness (QED) is 0.243. The van der Waals surface area contributed by atoms with Crippen molar-refractivity contribution in [3.05, 3.63) is 87.3 Å². The number of H-pyrrole nitrogens is 1. The van der Waals surface area contributed by atoms with E-state index in [0.717, 1.165) is 29.3 Å². The Balaban J connectivity index is 1.63. The van der Waals surface area contributed by atoms with Crippen LogP contribution in [-0.2, 0) is 11.2 Å². The number of hydrogen-bond acceptors (Lipinski definition) is 5. The summed E-state index contributed by atoms with van der Waals surface area (Å²) in [4.78, 5) is 26.5. The first-order valence-corrected chi connectivity index (χ1v) is 12.3. The molecule has 1 aliphatic heterocycles. The largest absolute Gasteiger partial charge is 0.461 e. The van der Waals surface area contributed by atoms with Crippen LogP contribution in [0.2, 0.25) is 5.02 Å². The van der Waals surface area contributed by atoms with Crippen LogP contribution in [0.4, 0.5) is 14.7 Å². The van der Waals surface area contributed by atoms with Crippen molar-refractivity contribution in [2.75, 3.05) is 18.1 Å². The van der Waals surface area contributed by atoms with Crippen LogP contribution < -0.4 is 4.90 Å². The van der Waals surface area contributed by atoms with Crippen molar-refractivity contribution < 1.29 is 18.3 Å². The van der Waals surface area contributed by atoms with Gasteiger partial charge in [0.25, 0.3) is 0 Å². The van der Waals surface area contributed by atoms with Crippen molar-refractivity contribution in [1.82, 2.24) is 15.0 Å². The molecule has 186 valence electrons. The summed E-state index contributed by atoms with van der Waals surface area (Å²) in [5.41, 5.74) is 3.01. The van der Waals surface area contributed by atoms with Crippen LogP contribution >= 0.6 is 11.6 Å². The molecule has 0 saturated heterocycles. The smallest absolute Gasteiger partial charge is 0.357 e. The maximum absolute atomic E-state index is 15.4. The van der Waals surface area contributed by atoms with Gasteiger partial charge in [-0.05, 0) is 55.2 Å². The molecule has 1 N–H and O–H groups in total. The first kappa shape index (κ1) is 24.2. The summed E-state index contributed by atoms with van der Waals surface area (Å²) in [6.45, 7) is 4.25. The maximum atomic E-state index is 15.4. The monoisotopic (exact) mass is 510 g/mol. The molecule has 0 radical (unpaired) electrons. The van der Waals surface area contributed by atoms with E-state index in [9.17, 15) is 9.18 Å². The second-order valence-electron chi connectivity index (χ2n) is 8.88. The number of nitrogens with one attached hydrogen (secondary N) is 1. The van der Waals surface area contributed by atoms with E-state index in [2.05, 4.69) is 15.0 Å². The van der Waals surface area contributed by atoms with Crippen molar-refractivity contribution in [2.45, 2.75) is 39.2 Å². The number of aromatic nitrogens is 3. The normalized spacial score (nSPS) is 15.2. The lowest BCUT2D eigenvalue weighted by Crippen LogP contribution is -2.38. The number of carbonyl (C=O) groups excluding carboxylic acids is 1. The van der Waals surface area contributed by atoms with E-state index in [4.69, 9.17) is 16.3 Å². The lowest BCUT2D eigenvalue weighted by atomic mass is 9.91. The van der Waals surface area contributed by atoms with Gasteiger partial charge in [-0.15, -0.1) is 0 Å². The molecule has 1 aliphatic rings. The molecular weight excluding hydrogens is 486 g/mol. The highest BCUT2D eigenvalue weighted by atomic mass is 35.5. The molecule has 4 aromatic rings. The van der Waals surface area contributed by atoms with E-state index >= 15 is 4.39 Å². The third-order valence-corrected chi connectivity index (χ3v) is 6.76. The molecular formula is C27H25ClF2N4O2. The fourth-order valence-corrected chi connectivity index (χ4v) is 4.83. The topological polar surface area (TPSA) is 71.1 Å². The van der Waals surface area contributed by atoms with E-state index in [-0.39, 0.29) is 22.8 Å². The predicted octanol–water partition coefficient (Wildman–Crippen LogP) is 6.31. The first-order chi connectivity index (χ1) is 17.4. The number of nitrogens with zero attached hydrogens (tertiary/aromatic N) is 3. The zero-order valence-electron chi connectivity index (χ0n) is 19.9. The van der Waals surface area contributed by atoms with Gasteiger partial charge in [-0.1, -0.05) is 37.1 Å². The highest BCUT2D eigenvalue weighted by molar-refractivity contribution is 6.31. The molecule has 0 bridgehead atoms. The van der Waals surface area contributed by atoms with E-state index in [1.807, 2.05) is 19.1 Å². The Morgan fingerprint density at radius 3 is 2.86 bits per heavy atom. The molecule has 0 aliphatic carbocycles. The number of hydrogen-bond donors (Lipinski definition) is 1. The van der Waals surface area contributed by atoms with Crippen molar-refractivity contribution in [2.24, 2.45) is 0 Å². The van der Waals surface area contributed by atoms with Gasteiger partial charge in [0.15, 0.2) is 17.3 Å². The lowest BCUT2D eigenvalue weighted by molar-refractivity contribution is 0.0492. The average Bonchev–Trinajstić information content (AvgIpc) is 3.25. The molecule has 6 nitrogen and oxygen atoms in total. The Bertz CT molecular complexity index is 1460. The minimum absolute atomic E-state index is 0.111. The van der Waals surface area contributed by atoms with Gasteiger partial charge in [-0.3, -0.25) is 0 Å². The lowest BCUT2D eigenvalue weighted by Gasteiger charge is -2.36. The Kier molecular flexibility index (Phi) is 6.62. The summed E-state index contributed by atoms with van der Waals surface area (Å²) in [6.07, 6.45) is 3.72. The van der Waals surface area contributed by atoms with Crippen molar-refractivity contribution >= 4 is 34.4 Å².